The summed E-state index contributed by atoms with van der Waals surface area (Å²) in [5, 5.41) is 10.1. The molecule has 4 rings (SSSR count). The average Bonchev–Trinajstić information content (AvgIpc) is 3.13. The Morgan fingerprint density at radius 2 is 2.07 bits per heavy atom. The minimum absolute atomic E-state index is 0.0784. The normalized spacial score (nSPS) is 15.4. The third-order valence-corrected chi connectivity index (χ3v) is 4.95. The van der Waals surface area contributed by atoms with Crippen LogP contribution in [0.2, 0.25) is 5.02 Å². The molecule has 148 valence electrons. The predicted octanol–water partition coefficient (Wildman–Crippen LogP) is 3.87. The standard InChI is InChI=1S/C20H16ClFN4O3/c1-29-13-6-7-15(21)16(8-13)24-20(28)17-9-18(27)25-19-14(10-23-26(17)19)11-2-4-12(22)5-3-11/h2-8,10,17H,9H2,1H3,(H,24,28)(H,25,27)/t17-/m0/s1. The van der Waals surface area contributed by atoms with Crippen LogP contribution in [0.4, 0.5) is 15.9 Å². The molecular formula is C20H16ClFN4O3. The third-order valence-electron chi connectivity index (χ3n) is 4.62. The fraction of sp³-hybridized carbons (Fsp3) is 0.150. The van der Waals surface area contributed by atoms with Crippen molar-refractivity contribution in [2.75, 3.05) is 17.7 Å². The van der Waals surface area contributed by atoms with Gasteiger partial charge in [-0.1, -0.05) is 23.7 Å². The molecule has 2 N–H and O–H groups in total. The van der Waals surface area contributed by atoms with Gasteiger partial charge in [0.25, 0.3) is 0 Å². The number of methoxy groups -OCH3 is 1. The number of benzene rings is 2. The third kappa shape index (κ3) is 3.66. The molecule has 1 atom stereocenters. The van der Waals surface area contributed by atoms with Crippen LogP contribution < -0.4 is 15.4 Å². The maximum absolute atomic E-state index is 13.2. The van der Waals surface area contributed by atoms with Crippen LogP contribution in [0.1, 0.15) is 12.5 Å². The summed E-state index contributed by atoms with van der Waals surface area (Å²) in [7, 11) is 1.51. The van der Waals surface area contributed by atoms with Gasteiger partial charge in [0, 0.05) is 11.6 Å². The van der Waals surface area contributed by atoms with Crippen molar-refractivity contribution in [3.63, 3.8) is 0 Å². The molecule has 0 unspecified atom stereocenters. The summed E-state index contributed by atoms with van der Waals surface area (Å²) in [5.41, 5.74) is 1.63. The summed E-state index contributed by atoms with van der Waals surface area (Å²) in [6, 6.07) is 9.81. The first-order valence-corrected chi connectivity index (χ1v) is 9.12. The van der Waals surface area contributed by atoms with Gasteiger partial charge in [-0.15, -0.1) is 0 Å². The van der Waals surface area contributed by atoms with Crippen LogP contribution in [0, 0.1) is 5.82 Å². The molecule has 2 aromatic carbocycles. The number of carbonyl (C=O) groups excluding carboxylic acids is 2. The van der Waals surface area contributed by atoms with Crippen LogP contribution in [0.5, 0.6) is 5.75 Å². The average molecular weight is 415 g/mol. The first-order chi connectivity index (χ1) is 14.0. The molecule has 7 nitrogen and oxygen atoms in total. The topological polar surface area (TPSA) is 85.2 Å². The molecular weight excluding hydrogens is 399 g/mol. The summed E-state index contributed by atoms with van der Waals surface area (Å²) in [6.45, 7) is 0. The van der Waals surface area contributed by atoms with Crippen LogP contribution in [-0.2, 0) is 9.59 Å². The maximum Gasteiger partial charge on any atom is 0.249 e. The van der Waals surface area contributed by atoms with E-state index in [-0.39, 0.29) is 18.1 Å². The Kier molecular flexibility index (Phi) is 4.94. The molecule has 2 amide bonds. The number of aromatic nitrogens is 2. The van der Waals surface area contributed by atoms with E-state index in [0.717, 1.165) is 0 Å². The van der Waals surface area contributed by atoms with E-state index in [2.05, 4.69) is 15.7 Å². The summed E-state index contributed by atoms with van der Waals surface area (Å²) in [6.07, 6.45) is 1.46. The van der Waals surface area contributed by atoms with Gasteiger partial charge in [0.15, 0.2) is 0 Å². The van der Waals surface area contributed by atoms with Crippen LogP contribution >= 0.6 is 11.6 Å². The quantitative estimate of drug-likeness (QED) is 0.678. The molecule has 0 bridgehead atoms. The smallest absolute Gasteiger partial charge is 0.249 e. The maximum atomic E-state index is 13.2. The number of halogens is 2. The van der Waals surface area contributed by atoms with Crippen molar-refractivity contribution in [2.45, 2.75) is 12.5 Å². The molecule has 9 heteroatoms. The van der Waals surface area contributed by atoms with Crippen molar-refractivity contribution in [3.8, 4) is 16.9 Å². The van der Waals surface area contributed by atoms with Crippen LogP contribution in [0.25, 0.3) is 11.1 Å². The SMILES string of the molecule is COc1ccc(Cl)c(NC(=O)[C@@H]2CC(=O)Nc3c(-c4ccc(F)cc4)cnn32)c1. The molecule has 0 spiro atoms. The molecule has 3 aromatic rings. The lowest BCUT2D eigenvalue weighted by Crippen LogP contribution is -2.35. The predicted molar refractivity (Wildman–Crippen MR) is 107 cm³/mol. The Morgan fingerprint density at radius 3 is 2.79 bits per heavy atom. The number of hydrogen-bond acceptors (Lipinski definition) is 4. The van der Waals surface area contributed by atoms with E-state index in [1.165, 1.54) is 30.1 Å². The first kappa shape index (κ1) is 18.9. The Bertz CT molecular complexity index is 1100. The summed E-state index contributed by atoms with van der Waals surface area (Å²) < 4.78 is 19.8. The zero-order valence-electron chi connectivity index (χ0n) is 15.3. The monoisotopic (exact) mass is 414 g/mol. The van der Waals surface area contributed by atoms with Gasteiger partial charge in [-0.3, -0.25) is 9.59 Å². The lowest BCUT2D eigenvalue weighted by molar-refractivity contribution is -0.125. The number of fused-ring (bicyclic) bond motifs is 1. The minimum Gasteiger partial charge on any atom is -0.497 e. The molecule has 1 aromatic heterocycles. The number of rotatable bonds is 4. The second-order valence-corrected chi connectivity index (χ2v) is 6.87. The highest BCUT2D eigenvalue weighted by atomic mass is 35.5. The van der Waals surface area contributed by atoms with E-state index in [0.29, 0.717) is 33.4 Å². The number of nitrogens with zero attached hydrogens (tertiary/aromatic N) is 2. The van der Waals surface area contributed by atoms with Crippen molar-refractivity contribution < 1.29 is 18.7 Å². The summed E-state index contributed by atoms with van der Waals surface area (Å²) in [4.78, 5) is 25.2. The Labute approximate surface area is 170 Å². The molecule has 0 saturated carbocycles. The van der Waals surface area contributed by atoms with Crippen molar-refractivity contribution in [1.82, 2.24) is 9.78 Å². The van der Waals surface area contributed by atoms with Crippen LogP contribution in [-0.4, -0.2) is 28.7 Å². The van der Waals surface area contributed by atoms with E-state index < -0.39 is 11.9 Å². The Morgan fingerprint density at radius 1 is 1.31 bits per heavy atom. The number of anilines is 2. The molecule has 2 heterocycles. The fourth-order valence-corrected chi connectivity index (χ4v) is 3.32. The van der Waals surface area contributed by atoms with Gasteiger partial charge in [-0.05, 0) is 29.8 Å². The van der Waals surface area contributed by atoms with E-state index >= 15 is 0 Å². The second-order valence-electron chi connectivity index (χ2n) is 6.46. The molecule has 1 aliphatic rings. The van der Waals surface area contributed by atoms with E-state index in [1.807, 2.05) is 0 Å². The zero-order chi connectivity index (χ0) is 20.5. The fourth-order valence-electron chi connectivity index (χ4n) is 3.16. The largest absolute Gasteiger partial charge is 0.497 e. The molecule has 1 aliphatic heterocycles. The lowest BCUT2D eigenvalue weighted by atomic mass is 10.1. The molecule has 29 heavy (non-hydrogen) atoms. The second kappa shape index (κ2) is 7.56. The number of ether oxygens (including phenoxy) is 1. The number of carbonyl (C=O) groups is 2. The highest BCUT2D eigenvalue weighted by molar-refractivity contribution is 6.33. The van der Waals surface area contributed by atoms with Gasteiger partial charge in [-0.25, -0.2) is 9.07 Å². The van der Waals surface area contributed by atoms with Gasteiger partial charge < -0.3 is 15.4 Å². The van der Waals surface area contributed by atoms with E-state index in [9.17, 15) is 14.0 Å². The molecule has 0 aliphatic carbocycles. The Balaban J connectivity index is 1.66. The summed E-state index contributed by atoms with van der Waals surface area (Å²) >= 11 is 6.16. The molecule has 0 saturated heterocycles. The van der Waals surface area contributed by atoms with E-state index in [1.54, 1.807) is 30.3 Å². The van der Waals surface area contributed by atoms with Gasteiger partial charge in [0.05, 0.1) is 30.4 Å². The number of hydrogen-bond donors (Lipinski definition) is 2. The van der Waals surface area contributed by atoms with Gasteiger partial charge in [0.1, 0.15) is 23.4 Å². The van der Waals surface area contributed by atoms with Crippen molar-refractivity contribution in [3.05, 3.63) is 59.5 Å². The highest BCUT2D eigenvalue weighted by Crippen LogP contribution is 2.35. The first-order valence-electron chi connectivity index (χ1n) is 8.74. The molecule has 0 radical (unpaired) electrons. The van der Waals surface area contributed by atoms with Crippen molar-refractivity contribution in [2.24, 2.45) is 0 Å². The van der Waals surface area contributed by atoms with Crippen molar-refractivity contribution in [1.29, 1.82) is 0 Å². The van der Waals surface area contributed by atoms with Gasteiger partial charge in [-0.2, -0.15) is 5.10 Å². The van der Waals surface area contributed by atoms with Crippen LogP contribution in [0.15, 0.2) is 48.7 Å². The number of nitrogens with one attached hydrogen (secondary N) is 2. The number of amides is 2. The highest BCUT2D eigenvalue weighted by Gasteiger charge is 2.33. The zero-order valence-corrected chi connectivity index (χ0v) is 16.0. The Hall–Kier alpha value is -3.39. The van der Waals surface area contributed by atoms with E-state index in [4.69, 9.17) is 16.3 Å². The van der Waals surface area contributed by atoms with Gasteiger partial charge in [0.2, 0.25) is 11.8 Å². The van der Waals surface area contributed by atoms with Crippen molar-refractivity contribution >= 4 is 34.9 Å². The minimum atomic E-state index is -0.866. The molecule has 0 fully saturated rings. The summed E-state index contributed by atoms with van der Waals surface area (Å²) in [5.74, 6) is -0.219. The van der Waals surface area contributed by atoms with Crippen LogP contribution in [0.3, 0.4) is 0 Å². The van der Waals surface area contributed by atoms with Gasteiger partial charge >= 0.3 is 0 Å². The lowest BCUT2D eigenvalue weighted by Gasteiger charge is -2.25.